The molecule has 1 aliphatic carbocycles. The molecule has 2 rings (SSSR count). The SMILES string of the molecule is CCN(CC(=O)Nc1cc(Cl)ccc1C)CC(=O)NC1(C#N)CCCC1. The Labute approximate surface area is 159 Å². The van der Waals surface area contributed by atoms with E-state index in [-0.39, 0.29) is 24.9 Å². The highest BCUT2D eigenvalue weighted by Crippen LogP contribution is 2.28. The molecule has 0 atom stereocenters. The van der Waals surface area contributed by atoms with Crippen molar-refractivity contribution in [3.63, 3.8) is 0 Å². The molecule has 0 bridgehead atoms. The first-order chi connectivity index (χ1) is 12.4. The lowest BCUT2D eigenvalue weighted by Gasteiger charge is -2.25. The van der Waals surface area contributed by atoms with Gasteiger partial charge in [-0.15, -0.1) is 0 Å². The molecule has 1 aliphatic rings. The van der Waals surface area contributed by atoms with Gasteiger partial charge in [0.15, 0.2) is 0 Å². The molecule has 7 heteroatoms. The van der Waals surface area contributed by atoms with E-state index in [0.29, 0.717) is 30.1 Å². The average Bonchev–Trinajstić information content (AvgIpc) is 3.06. The molecule has 0 radical (unpaired) electrons. The van der Waals surface area contributed by atoms with Crippen molar-refractivity contribution in [2.75, 3.05) is 25.0 Å². The van der Waals surface area contributed by atoms with Gasteiger partial charge < -0.3 is 10.6 Å². The number of aryl methyl sites for hydroxylation is 1. The van der Waals surface area contributed by atoms with Crippen LogP contribution in [0.1, 0.15) is 38.2 Å². The van der Waals surface area contributed by atoms with E-state index in [2.05, 4.69) is 16.7 Å². The third-order valence-electron chi connectivity index (χ3n) is 4.71. The van der Waals surface area contributed by atoms with Gasteiger partial charge in [-0.2, -0.15) is 5.26 Å². The summed E-state index contributed by atoms with van der Waals surface area (Å²) in [6.45, 7) is 4.51. The minimum absolute atomic E-state index is 0.0852. The number of halogens is 1. The molecule has 1 aromatic rings. The number of carbonyl (C=O) groups is 2. The molecule has 0 spiro atoms. The summed E-state index contributed by atoms with van der Waals surface area (Å²) in [5.41, 5.74) is 0.842. The summed E-state index contributed by atoms with van der Waals surface area (Å²) < 4.78 is 0. The van der Waals surface area contributed by atoms with E-state index in [1.165, 1.54) is 0 Å². The fraction of sp³-hybridized carbons (Fsp3) is 0.526. The zero-order valence-corrected chi connectivity index (χ0v) is 16.0. The predicted molar refractivity (Wildman–Crippen MR) is 102 cm³/mol. The third kappa shape index (κ3) is 5.45. The van der Waals surface area contributed by atoms with E-state index in [1.54, 1.807) is 17.0 Å². The van der Waals surface area contributed by atoms with E-state index in [9.17, 15) is 14.9 Å². The van der Waals surface area contributed by atoms with Crippen molar-refractivity contribution in [1.29, 1.82) is 5.26 Å². The Morgan fingerprint density at radius 3 is 2.54 bits per heavy atom. The van der Waals surface area contributed by atoms with E-state index in [1.807, 2.05) is 19.9 Å². The number of hydrogen-bond donors (Lipinski definition) is 2. The van der Waals surface area contributed by atoms with Gasteiger partial charge in [0.2, 0.25) is 11.8 Å². The van der Waals surface area contributed by atoms with Gasteiger partial charge in [0.05, 0.1) is 19.2 Å². The number of amides is 2. The smallest absolute Gasteiger partial charge is 0.238 e. The van der Waals surface area contributed by atoms with Crippen molar-refractivity contribution in [2.45, 2.75) is 45.1 Å². The molecule has 2 N–H and O–H groups in total. The molecule has 0 saturated heterocycles. The molecule has 1 saturated carbocycles. The number of nitriles is 1. The molecule has 0 unspecified atom stereocenters. The van der Waals surface area contributed by atoms with Crippen molar-refractivity contribution >= 4 is 29.1 Å². The van der Waals surface area contributed by atoms with Crippen LogP contribution in [0.4, 0.5) is 5.69 Å². The molecule has 1 aromatic carbocycles. The molecule has 26 heavy (non-hydrogen) atoms. The summed E-state index contributed by atoms with van der Waals surface area (Å²) in [7, 11) is 0. The molecule has 2 amide bonds. The summed E-state index contributed by atoms with van der Waals surface area (Å²) in [4.78, 5) is 26.4. The summed E-state index contributed by atoms with van der Waals surface area (Å²) >= 11 is 5.97. The Hall–Kier alpha value is -2.10. The number of anilines is 1. The van der Waals surface area contributed by atoms with Crippen molar-refractivity contribution in [2.24, 2.45) is 0 Å². The first-order valence-corrected chi connectivity index (χ1v) is 9.26. The molecule has 0 aliphatic heterocycles. The Morgan fingerprint density at radius 2 is 1.92 bits per heavy atom. The van der Waals surface area contributed by atoms with Gasteiger partial charge in [0.1, 0.15) is 5.54 Å². The zero-order chi connectivity index (χ0) is 19.2. The van der Waals surface area contributed by atoms with Crippen LogP contribution in [0.15, 0.2) is 18.2 Å². The summed E-state index contributed by atoms with van der Waals surface area (Å²) in [5.74, 6) is -0.428. The molecule has 0 aromatic heterocycles. The van der Waals surface area contributed by atoms with Crippen LogP contribution in [0.2, 0.25) is 5.02 Å². The van der Waals surface area contributed by atoms with Crippen molar-refractivity contribution in [1.82, 2.24) is 10.2 Å². The van der Waals surface area contributed by atoms with Crippen molar-refractivity contribution in [3.05, 3.63) is 28.8 Å². The number of nitrogens with zero attached hydrogens (tertiary/aromatic N) is 2. The van der Waals surface area contributed by atoms with Gasteiger partial charge in [0, 0.05) is 10.7 Å². The summed E-state index contributed by atoms with van der Waals surface area (Å²) in [6, 6.07) is 7.55. The standard InChI is InChI=1S/C19H25ClN4O2/c1-3-24(12-18(26)23-19(13-21)8-4-5-9-19)11-17(25)22-16-10-15(20)7-6-14(16)2/h6-7,10H,3-5,8-9,11-12H2,1-2H3,(H,22,25)(H,23,26). The van der Waals surface area contributed by atoms with Gasteiger partial charge in [0.25, 0.3) is 0 Å². The van der Waals surface area contributed by atoms with Crippen LogP contribution in [0.25, 0.3) is 0 Å². The fourth-order valence-electron chi connectivity index (χ4n) is 3.15. The first kappa shape index (κ1) is 20.2. The quantitative estimate of drug-likeness (QED) is 0.766. The molecule has 0 heterocycles. The maximum absolute atomic E-state index is 12.3. The number of rotatable bonds is 7. The zero-order valence-electron chi connectivity index (χ0n) is 15.3. The van der Waals surface area contributed by atoms with Crippen LogP contribution in [-0.4, -0.2) is 41.9 Å². The van der Waals surface area contributed by atoms with Crippen LogP contribution in [-0.2, 0) is 9.59 Å². The van der Waals surface area contributed by atoms with Crippen molar-refractivity contribution in [3.8, 4) is 6.07 Å². The van der Waals surface area contributed by atoms with E-state index in [4.69, 9.17) is 11.6 Å². The van der Waals surface area contributed by atoms with Crippen LogP contribution in [0.3, 0.4) is 0 Å². The summed E-state index contributed by atoms with van der Waals surface area (Å²) in [6.07, 6.45) is 3.28. The molecular formula is C19H25ClN4O2. The molecule has 6 nitrogen and oxygen atoms in total. The van der Waals surface area contributed by atoms with E-state index >= 15 is 0 Å². The van der Waals surface area contributed by atoms with Crippen molar-refractivity contribution < 1.29 is 9.59 Å². The molecule has 140 valence electrons. The van der Waals surface area contributed by atoms with Gasteiger partial charge in [-0.25, -0.2) is 0 Å². The number of hydrogen-bond acceptors (Lipinski definition) is 4. The maximum Gasteiger partial charge on any atom is 0.238 e. The number of likely N-dealkylation sites (N-methyl/N-ethyl adjacent to an activating group) is 1. The van der Waals surface area contributed by atoms with Crippen LogP contribution >= 0.6 is 11.6 Å². The maximum atomic E-state index is 12.3. The van der Waals surface area contributed by atoms with Gasteiger partial charge in [-0.1, -0.05) is 24.6 Å². The normalized spacial score (nSPS) is 15.5. The predicted octanol–water partition coefficient (Wildman–Crippen LogP) is 2.86. The Kier molecular flexibility index (Phi) is 7.01. The minimum atomic E-state index is -0.739. The Bertz CT molecular complexity index is 708. The monoisotopic (exact) mass is 376 g/mol. The Morgan fingerprint density at radius 1 is 1.27 bits per heavy atom. The average molecular weight is 377 g/mol. The van der Waals surface area contributed by atoms with Gasteiger partial charge in [-0.3, -0.25) is 14.5 Å². The lowest BCUT2D eigenvalue weighted by molar-refractivity contribution is -0.124. The van der Waals surface area contributed by atoms with E-state index < -0.39 is 5.54 Å². The molecule has 1 fully saturated rings. The largest absolute Gasteiger partial charge is 0.337 e. The first-order valence-electron chi connectivity index (χ1n) is 8.88. The number of nitrogens with one attached hydrogen (secondary N) is 2. The molecular weight excluding hydrogens is 352 g/mol. The van der Waals surface area contributed by atoms with Gasteiger partial charge in [-0.05, 0) is 56.8 Å². The lowest BCUT2D eigenvalue weighted by atomic mass is 10.00. The van der Waals surface area contributed by atoms with Crippen LogP contribution in [0.5, 0.6) is 0 Å². The highest BCUT2D eigenvalue weighted by atomic mass is 35.5. The highest BCUT2D eigenvalue weighted by Gasteiger charge is 2.35. The second-order valence-corrected chi connectivity index (χ2v) is 7.20. The minimum Gasteiger partial charge on any atom is -0.337 e. The Balaban J connectivity index is 1.90. The highest BCUT2D eigenvalue weighted by molar-refractivity contribution is 6.31. The number of carbonyl (C=O) groups excluding carboxylic acids is 2. The summed E-state index contributed by atoms with van der Waals surface area (Å²) in [5, 5.41) is 15.6. The third-order valence-corrected chi connectivity index (χ3v) is 4.94. The van der Waals surface area contributed by atoms with Gasteiger partial charge >= 0.3 is 0 Å². The van der Waals surface area contributed by atoms with Crippen LogP contribution < -0.4 is 10.6 Å². The fourth-order valence-corrected chi connectivity index (χ4v) is 3.33. The topological polar surface area (TPSA) is 85.2 Å². The second kappa shape index (κ2) is 9.02. The number of benzene rings is 1. The second-order valence-electron chi connectivity index (χ2n) is 6.76. The van der Waals surface area contributed by atoms with E-state index in [0.717, 1.165) is 18.4 Å². The van der Waals surface area contributed by atoms with Crippen LogP contribution in [0, 0.1) is 18.3 Å². The lowest BCUT2D eigenvalue weighted by Crippen LogP contribution is -2.49.